The summed E-state index contributed by atoms with van der Waals surface area (Å²) >= 11 is 6.19. The number of aryl methyl sites for hydroxylation is 1. The molecule has 0 N–H and O–H groups in total. The van der Waals surface area contributed by atoms with E-state index < -0.39 is 0 Å². The van der Waals surface area contributed by atoms with Crippen LogP contribution in [-0.4, -0.2) is 29.6 Å². The summed E-state index contributed by atoms with van der Waals surface area (Å²) in [5, 5.41) is 12.5. The third kappa shape index (κ3) is 2.89. The second-order valence-electron chi connectivity index (χ2n) is 3.78. The van der Waals surface area contributed by atoms with Crippen molar-refractivity contribution < 1.29 is 0 Å². The molecule has 3 rings (SSSR count). The van der Waals surface area contributed by atoms with Gasteiger partial charge in [0.05, 0.1) is 5.69 Å². The molecule has 0 aliphatic carbocycles. The number of aromatic nitrogens is 6. The molecule has 0 atom stereocenters. The normalized spacial score (nSPS) is 10.9. The fourth-order valence-electron chi connectivity index (χ4n) is 1.49. The van der Waals surface area contributed by atoms with Crippen molar-refractivity contribution in [2.45, 2.75) is 22.8 Å². The molecule has 3 aromatic rings. The molecule has 2 heterocycles. The molecule has 0 spiro atoms. The smallest absolute Gasteiger partial charge is 0.213 e. The van der Waals surface area contributed by atoms with Gasteiger partial charge >= 0.3 is 0 Å². The van der Waals surface area contributed by atoms with E-state index in [0.717, 1.165) is 26.7 Å². The maximum Gasteiger partial charge on any atom is 0.221 e. The zero-order valence-corrected chi connectivity index (χ0v) is 13.6. The van der Waals surface area contributed by atoms with Crippen LogP contribution in [0, 0.1) is 0 Å². The highest BCUT2D eigenvalue weighted by molar-refractivity contribution is 9.10. The number of tetrazole rings is 1. The molecule has 0 saturated heterocycles. The molecule has 0 bridgehead atoms. The maximum atomic E-state index is 4.41. The monoisotopic (exact) mass is 368 g/mol. The SMILES string of the molecule is CCc1nsc(Sc2nnnn2-c2ccc(Br)cc2)n1. The predicted octanol–water partition coefficient (Wildman–Crippen LogP) is 2.99. The highest BCUT2D eigenvalue weighted by Gasteiger charge is 2.13. The Kier molecular flexibility index (Phi) is 4.08. The van der Waals surface area contributed by atoms with Gasteiger partial charge in [0.2, 0.25) is 5.16 Å². The molecule has 6 nitrogen and oxygen atoms in total. The number of hydrogen-bond donors (Lipinski definition) is 0. The predicted molar refractivity (Wildman–Crippen MR) is 80.3 cm³/mol. The quantitative estimate of drug-likeness (QED) is 0.704. The van der Waals surface area contributed by atoms with E-state index in [2.05, 4.69) is 40.8 Å². The van der Waals surface area contributed by atoms with Gasteiger partial charge in [-0.05, 0) is 58.0 Å². The van der Waals surface area contributed by atoms with Gasteiger partial charge in [0, 0.05) is 10.9 Å². The van der Waals surface area contributed by atoms with E-state index in [1.54, 1.807) is 4.68 Å². The van der Waals surface area contributed by atoms with Gasteiger partial charge in [-0.1, -0.05) is 22.9 Å². The van der Waals surface area contributed by atoms with Crippen LogP contribution in [0.1, 0.15) is 12.7 Å². The second-order valence-corrected chi connectivity index (χ2v) is 6.66. The molecule has 1 aromatic carbocycles. The Morgan fingerprint density at radius 2 is 2.10 bits per heavy atom. The van der Waals surface area contributed by atoms with Gasteiger partial charge in [-0.2, -0.15) is 9.06 Å². The van der Waals surface area contributed by atoms with E-state index in [0.29, 0.717) is 5.16 Å². The first-order valence-corrected chi connectivity index (χ1v) is 8.19. The summed E-state index contributed by atoms with van der Waals surface area (Å²) in [7, 11) is 0. The fraction of sp³-hybridized carbons (Fsp3) is 0.182. The summed E-state index contributed by atoms with van der Waals surface area (Å²) in [5.41, 5.74) is 0.904. The van der Waals surface area contributed by atoms with Crippen LogP contribution in [0.25, 0.3) is 5.69 Å². The van der Waals surface area contributed by atoms with E-state index in [-0.39, 0.29) is 0 Å². The third-order valence-corrected chi connectivity index (χ3v) is 4.71. The molecule has 20 heavy (non-hydrogen) atoms. The highest BCUT2D eigenvalue weighted by Crippen LogP contribution is 2.28. The number of hydrogen-bond acceptors (Lipinski definition) is 7. The van der Waals surface area contributed by atoms with Gasteiger partial charge < -0.3 is 0 Å². The first kappa shape index (κ1) is 13.7. The molecule has 0 amide bonds. The first-order valence-electron chi connectivity index (χ1n) is 5.81. The molecule has 102 valence electrons. The van der Waals surface area contributed by atoms with Gasteiger partial charge in [0.15, 0.2) is 4.34 Å². The fourth-order valence-corrected chi connectivity index (χ4v) is 3.35. The summed E-state index contributed by atoms with van der Waals surface area (Å²) in [6, 6.07) is 7.79. The van der Waals surface area contributed by atoms with Crippen LogP contribution in [0.2, 0.25) is 0 Å². The van der Waals surface area contributed by atoms with Crippen molar-refractivity contribution in [3.63, 3.8) is 0 Å². The molecule has 0 aliphatic heterocycles. The lowest BCUT2D eigenvalue weighted by Crippen LogP contribution is -1.98. The zero-order chi connectivity index (χ0) is 13.9. The number of halogens is 1. The average Bonchev–Trinajstić information content (AvgIpc) is 3.09. The van der Waals surface area contributed by atoms with Crippen molar-refractivity contribution >= 4 is 39.2 Å². The first-order chi connectivity index (χ1) is 9.76. The van der Waals surface area contributed by atoms with Crippen LogP contribution < -0.4 is 0 Å². The van der Waals surface area contributed by atoms with Gasteiger partial charge in [-0.3, -0.25) is 0 Å². The van der Waals surface area contributed by atoms with E-state index in [4.69, 9.17) is 0 Å². The molecular formula is C11H9BrN6S2. The van der Waals surface area contributed by atoms with Crippen molar-refractivity contribution in [3.8, 4) is 5.69 Å². The number of nitrogens with zero attached hydrogens (tertiary/aromatic N) is 6. The molecule has 0 fully saturated rings. The molecule has 0 unspecified atom stereocenters. The van der Waals surface area contributed by atoms with Crippen LogP contribution in [0.15, 0.2) is 38.2 Å². The minimum atomic E-state index is 0.672. The van der Waals surface area contributed by atoms with Crippen molar-refractivity contribution in [3.05, 3.63) is 34.6 Å². The topological polar surface area (TPSA) is 69.4 Å². The Balaban J connectivity index is 1.88. The highest BCUT2D eigenvalue weighted by atomic mass is 79.9. The van der Waals surface area contributed by atoms with Gasteiger partial charge in [-0.25, -0.2) is 4.98 Å². The molecule has 9 heteroatoms. The Labute approximate surface area is 131 Å². The Morgan fingerprint density at radius 1 is 1.30 bits per heavy atom. The summed E-state index contributed by atoms with van der Waals surface area (Å²) < 4.78 is 7.80. The molecule has 0 radical (unpaired) electrons. The van der Waals surface area contributed by atoms with Crippen molar-refractivity contribution in [2.24, 2.45) is 0 Å². The van der Waals surface area contributed by atoms with Crippen molar-refractivity contribution in [1.29, 1.82) is 0 Å². The minimum absolute atomic E-state index is 0.672. The summed E-state index contributed by atoms with van der Waals surface area (Å²) in [6.07, 6.45) is 0.828. The average molecular weight is 369 g/mol. The van der Waals surface area contributed by atoms with Crippen LogP contribution in [0.4, 0.5) is 0 Å². The third-order valence-electron chi connectivity index (χ3n) is 2.46. The summed E-state index contributed by atoms with van der Waals surface area (Å²) in [6.45, 7) is 2.03. The molecule has 0 saturated carbocycles. The molecule has 2 aromatic heterocycles. The van der Waals surface area contributed by atoms with Crippen LogP contribution >= 0.6 is 39.2 Å². The lowest BCUT2D eigenvalue weighted by atomic mass is 10.3. The lowest BCUT2D eigenvalue weighted by molar-refractivity contribution is 0.756. The lowest BCUT2D eigenvalue weighted by Gasteiger charge is -2.02. The van der Waals surface area contributed by atoms with Crippen LogP contribution in [0.3, 0.4) is 0 Å². The van der Waals surface area contributed by atoms with E-state index >= 15 is 0 Å². The number of rotatable bonds is 4. The largest absolute Gasteiger partial charge is 0.221 e. The second kappa shape index (κ2) is 5.98. The summed E-state index contributed by atoms with van der Waals surface area (Å²) in [4.78, 5) is 4.41. The molecule has 0 aliphatic rings. The molecular weight excluding hydrogens is 360 g/mol. The van der Waals surface area contributed by atoms with Crippen LogP contribution in [-0.2, 0) is 6.42 Å². The van der Waals surface area contributed by atoms with Gasteiger partial charge in [-0.15, -0.1) is 5.10 Å². The van der Waals surface area contributed by atoms with Gasteiger partial charge in [0.25, 0.3) is 0 Å². The Bertz CT molecular complexity index is 708. The summed E-state index contributed by atoms with van der Waals surface area (Å²) in [5.74, 6) is 0.847. The Morgan fingerprint density at radius 3 is 2.80 bits per heavy atom. The van der Waals surface area contributed by atoms with Gasteiger partial charge in [0.1, 0.15) is 5.82 Å². The number of benzene rings is 1. The Hall–Kier alpha value is -1.32. The zero-order valence-electron chi connectivity index (χ0n) is 10.4. The van der Waals surface area contributed by atoms with E-state index in [9.17, 15) is 0 Å². The van der Waals surface area contributed by atoms with E-state index in [1.807, 2.05) is 31.2 Å². The van der Waals surface area contributed by atoms with Crippen molar-refractivity contribution in [1.82, 2.24) is 29.6 Å². The van der Waals surface area contributed by atoms with Crippen molar-refractivity contribution in [2.75, 3.05) is 0 Å². The maximum absolute atomic E-state index is 4.41. The standard InChI is InChI=1S/C11H9BrN6S2/c1-2-9-13-11(20-15-9)19-10-14-16-17-18(10)8-5-3-7(12)4-6-8/h3-6H,2H2,1H3. The minimum Gasteiger partial charge on any atom is -0.213 e. The van der Waals surface area contributed by atoms with Crippen LogP contribution in [0.5, 0.6) is 0 Å². The van der Waals surface area contributed by atoms with E-state index in [1.165, 1.54) is 23.3 Å².